The summed E-state index contributed by atoms with van der Waals surface area (Å²) >= 11 is 0. The molecule has 0 unspecified atom stereocenters. The number of hydrogen-bond acceptors (Lipinski definition) is 3. The van der Waals surface area contributed by atoms with Crippen LogP contribution in [0.15, 0.2) is 12.1 Å². The summed E-state index contributed by atoms with van der Waals surface area (Å²) in [4.78, 5) is 14.2. The lowest BCUT2D eigenvalue weighted by Gasteiger charge is -2.35. The molecular formula is C20H26FNO2. The number of carbonyl (C=O) groups is 1. The smallest absolute Gasteiger partial charge is 0.337 e. The molecule has 2 fully saturated rings. The molecule has 1 atom stereocenters. The molecule has 0 bridgehead atoms. The van der Waals surface area contributed by atoms with E-state index in [1.54, 1.807) is 0 Å². The van der Waals surface area contributed by atoms with Gasteiger partial charge in [0, 0.05) is 24.7 Å². The number of esters is 1. The normalized spacial score (nSPS) is 25.8. The zero-order valence-electron chi connectivity index (χ0n) is 14.4. The van der Waals surface area contributed by atoms with Crippen LogP contribution in [0.2, 0.25) is 0 Å². The Morgan fingerprint density at radius 1 is 1.29 bits per heavy atom. The predicted octanol–water partition coefficient (Wildman–Crippen LogP) is 4.08. The number of ether oxygens (including phenoxy) is 1. The Balaban J connectivity index is 1.51. The second kappa shape index (κ2) is 6.14. The van der Waals surface area contributed by atoms with Crippen LogP contribution in [0, 0.1) is 11.2 Å². The molecule has 2 aliphatic carbocycles. The van der Waals surface area contributed by atoms with E-state index in [1.165, 1.54) is 58.1 Å². The van der Waals surface area contributed by atoms with Crippen molar-refractivity contribution in [2.75, 3.05) is 13.7 Å². The number of halogens is 1. The molecule has 1 aromatic rings. The maximum Gasteiger partial charge on any atom is 0.337 e. The summed E-state index contributed by atoms with van der Waals surface area (Å²) in [5, 5.41) is 0. The van der Waals surface area contributed by atoms with Crippen LogP contribution in [0.25, 0.3) is 0 Å². The van der Waals surface area contributed by atoms with Crippen LogP contribution >= 0.6 is 0 Å². The maximum absolute atomic E-state index is 14.5. The molecule has 3 nitrogen and oxygen atoms in total. The molecule has 0 saturated heterocycles. The summed E-state index contributed by atoms with van der Waals surface area (Å²) in [6.07, 6.45) is 10.3. The molecule has 1 aromatic carbocycles. The zero-order valence-corrected chi connectivity index (χ0v) is 14.4. The first-order valence-corrected chi connectivity index (χ1v) is 9.24. The first-order valence-electron chi connectivity index (χ1n) is 9.24. The molecule has 2 saturated carbocycles. The number of carbonyl (C=O) groups excluding carboxylic acids is 1. The summed E-state index contributed by atoms with van der Waals surface area (Å²) in [5.41, 5.74) is 2.67. The highest BCUT2D eigenvalue weighted by Gasteiger charge is 2.43. The minimum Gasteiger partial charge on any atom is -0.465 e. The summed E-state index contributed by atoms with van der Waals surface area (Å²) in [6.45, 7) is 1.65. The van der Waals surface area contributed by atoms with Crippen molar-refractivity contribution >= 4 is 5.97 Å². The molecule has 130 valence electrons. The van der Waals surface area contributed by atoms with Crippen LogP contribution in [0.4, 0.5) is 4.39 Å². The van der Waals surface area contributed by atoms with Crippen molar-refractivity contribution in [3.63, 3.8) is 0 Å². The molecular weight excluding hydrogens is 305 g/mol. The van der Waals surface area contributed by atoms with Gasteiger partial charge in [0.15, 0.2) is 0 Å². The van der Waals surface area contributed by atoms with Crippen molar-refractivity contribution in [2.24, 2.45) is 5.41 Å². The van der Waals surface area contributed by atoms with Crippen LogP contribution in [0.5, 0.6) is 0 Å². The lowest BCUT2D eigenvalue weighted by molar-refractivity contribution is 0.0599. The zero-order chi connectivity index (χ0) is 16.7. The van der Waals surface area contributed by atoms with E-state index in [0.29, 0.717) is 23.6 Å². The monoisotopic (exact) mass is 331 g/mol. The Bertz CT molecular complexity index is 651. The molecule has 0 aromatic heterocycles. The SMILES string of the molecule is COC(=O)c1cc(F)c2c(c1)CCN([C@H]1CCC3(CCCC3)C1)C2. The van der Waals surface area contributed by atoms with E-state index >= 15 is 0 Å². The Labute approximate surface area is 143 Å². The molecule has 0 amide bonds. The highest BCUT2D eigenvalue weighted by atomic mass is 19.1. The molecule has 4 rings (SSSR count). The van der Waals surface area contributed by atoms with Crippen molar-refractivity contribution < 1.29 is 13.9 Å². The standard InChI is InChI=1S/C20H26FNO2/c1-24-19(23)15-10-14-5-9-22(13-17(14)18(21)11-15)16-4-8-20(12-16)6-2-3-7-20/h10-11,16H,2-9,12-13H2,1H3/t16-/m0/s1. The van der Waals surface area contributed by atoms with Gasteiger partial charge in [0.05, 0.1) is 12.7 Å². The second-order valence-corrected chi connectivity index (χ2v) is 7.91. The van der Waals surface area contributed by atoms with Gasteiger partial charge < -0.3 is 4.74 Å². The van der Waals surface area contributed by atoms with Gasteiger partial charge >= 0.3 is 5.97 Å². The van der Waals surface area contributed by atoms with Gasteiger partial charge in [0.1, 0.15) is 5.82 Å². The average molecular weight is 331 g/mol. The quantitative estimate of drug-likeness (QED) is 0.765. The fourth-order valence-electron chi connectivity index (χ4n) is 5.25. The third-order valence-corrected chi connectivity index (χ3v) is 6.60. The van der Waals surface area contributed by atoms with Gasteiger partial charge in [-0.25, -0.2) is 9.18 Å². The molecule has 1 heterocycles. The lowest BCUT2D eigenvalue weighted by atomic mass is 9.84. The topological polar surface area (TPSA) is 29.5 Å². The third kappa shape index (κ3) is 2.75. The minimum atomic E-state index is -0.460. The lowest BCUT2D eigenvalue weighted by Crippen LogP contribution is -2.39. The van der Waals surface area contributed by atoms with Gasteiger partial charge in [-0.15, -0.1) is 0 Å². The molecule has 3 aliphatic rings. The van der Waals surface area contributed by atoms with Gasteiger partial charge in [0.2, 0.25) is 0 Å². The molecule has 1 spiro atoms. The van der Waals surface area contributed by atoms with Crippen molar-refractivity contribution in [3.8, 4) is 0 Å². The van der Waals surface area contributed by atoms with Crippen LogP contribution in [0.3, 0.4) is 0 Å². The van der Waals surface area contributed by atoms with E-state index in [4.69, 9.17) is 4.74 Å². The van der Waals surface area contributed by atoms with E-state index in [9.17, 15) is 9.18 Å². The predicted molar refractivity (Wildman–Crippen MR) is 90.4 cm³/mol. The van der Waals surface area contributed by atoms with Gasteiger partial charge in [-0.2, -0.15) is 0 Å². The van der Waals surface area contributed by atoms with Gasteiger partial charge in [-0.05, 0) is 61.6 Å². The van der Waals surface area contributed by atoms with E-state index in [-0.39, 0.29) is 5.82 Å². The number of benzene rings is 1. The number of fused-ring (bicyclic) bond motifs is 1. The van der Waals surface area contributed by atoms with Crippen molar-refractivity contribution in [1.29, 1.82) is 0 Å². The Morgan fingerprint density at radius 2 is 2.08 bits per heavy atom. The van der Waals surface area contributed by atoms with Crippen LogP contribution in [-0.2, 0) is 17.7 Å². The first kappa shape index (κ1) is 16.1. The fourth-order valence-corrected chi connectivity index (χ4v) is 5.25. The summed E-state index contributed by atoms with van der Waals surface area (Å²) in [7, 11) is 1.33. The third-order valence-electron chi connectivity index (χ3n) is 6.60. The average Bonchev–Trinajstić information content (AvgIpc) is 3.24. The van der Waals surface area contributed by atoms with Gasteiger partial charge in [-0.3, -0.25) is 4.90 Å². The number of hydrogen-bond donors (Lipinski definition) is 0. The Kier molecular flexibility index (Phi) is 4.11. The molecule has 4 heteroatoms. The van der Waals surface area contributed by atoms with E-state index < -0.39 is 5.97 Å². The molecule has 0 radical (unpaired) electrons. The second-order valence-electron chi connectivity index (χ2n) is 7.91. The van der Waals surface area contributed by atoms with Gasteiger partial charge in [-0.1, -0.05) is 12.8 Å². The highest BCUT2D eigenvalue weighted by molar-refractivity contribution is 5.89. The largest absolute Gasteiger partial charge is 0.465 e. The summed E-state index contributed by atoms with van der Waals surface area (Å²) in [6, 6.07) is 3.76. The summed E-state index contributed by atoms with van der Waals surface area (Å²) in [5.74, 6) is -0.718. The van der Waals surface area contributed by atoms with E-state index in [1.807, 2.05) is 6.07 Å². The van der Waals surface area contributed by atoms with E-state index in [0.717, 1.165) is 24.1 Å². The van der Waals surface area contributed by atoms with Crippen LogP contribution in [0.1, 0.15) is 66.4 Å². The number of nitrogens with zero attached hydrogens (tertiary/aromatic N) is 1. The van der Waals surface area contributed by atoms with Crippen LogP contribution < -0.4 is 0 Å². The highest BCUT2D eigenvalue weighted by Crippen LogP contribution is 2.52. The maximum atomic E-state index is 14.5. The van der Waals surface area contributed by atoms with Crippen LogP contribution in [-0.4, -0.2) is 30.6 Å². The molecule has 1 aliphatic heterocycles. The van der Waals surface area contributed by atoms with Crippen molar-refractivity contribution in [2.45, 2.75) is 64.0 Å². The van der Waals surface area contributed by atoms with Crippen molar-refractivity contribution in [1.82, 2.24) is 4.90 Å². The fraction of sp³-hybridized carbons (Fsp3) is 0.650. The number of rotatable bonds is 2. The van der Waals surface area contributed by atoms with Crippen molar-refractivity contribution in [3.05, 3.63) is 34.6 Å². The minimum absolute atomic E-state index is 0.258. The first-order chi connectivity index (χ1) is 11.6. The Morgan fingerprint density at radius 3 is 2.83 bits per heavy atom. The van der Waals surface area contributed by atoms with E-state index in [2.05, 4.69) is 4.90 Å². The van der Waals surface area contributed by atoms with Gasteiger partial charge in [0.25, 0.3) is 0 Å². The Hall–Kier alpha value is -1.42. The summed E-state index contributed by atoms with van der Waals surface area (Å²) < 4.78 is 19.3. The molecule has 24 heavy (non-hydrogen) atoms. The molecule has 0 N–H and O–H groups in total. The number of methoxy groups -OCH3 is 1.